The second-order valence-electron chi connectivity index (χ2n) is 8.59. The van der Waals surface area contributed by atoms with Crippen LogP contribution in [-0.2, 0) is 11.2 Å². The Kier molecular flexibility index (Phi) is 4.06. The van der Waals surface area contributed by atoms with Gasteiger partial charge in [0.1, 0.15) is 5.75 Å². The van der Waals surface area contributed by atoms with Crippen molar-refractivity contribution in [3.05, 3.63) is 29.8 Å². The summed E-state index contributed by atoms with van der Waals surface area (Å²) in [5.74, 6) is 3.77. The van der Waals surface area contributed by atoms with E-state index >= 15 is 0 Å². The van der Waals surface area contributed by atoms with Crippen LogP contribution in [0.4, 0.5) is 0 Å². The second kappa shape index (κ2) is 6.09. The molecule has 24 heavy (non-hydrogen) atoms. The van der Waals surface area contributed by atoms with Crippen LogP contribution in [0.3, 0.4) is 0 Å². The second-order valence-corrected chi connectivity index (χ2v) is 8.59. The van der Waals surface area contributed by atoms with Crippen molar-refractivity contribution in [1.29, 1.82) is 0 Å². The van der Waals surface area contributed by atoms with Crippen molar-refractivity contribution in [2.45, 2.75) is 57.9 Å². The lowest BCUT2D eigenvalue weighted by Crippen LogP contribution is -2.56. The first-order valence-corrected chi connectivity index (χ1v) is 9.48. The number of amides is 1. The molecule has 4 bridgehead atoms. The summed E-state index contributed by atoms with van der Waals surface area (Å²) < 4.78 is 5.18. The highest BCUT2D eigenvalue weighted by Crippen LogP contribution is 2.61. The normalized spacial score (nSPS) is 34.8. The van der Waals surface area contributed by atoms with Crippen LogP contribution in [0.25, 0.3) is 0 Å². The van der Waals surface area contributed by atoms with Gasteiger partial charge in [-0.2, -0.15) is 0 Å². The molecule has 0 radical (unpaired) electrons. The predicted molar refractivity (Wildman–Crippen MR) is 94.9 cm³/mol. The molecule has 1 atom stereocenters. The van der Waals surface area contributed by atoms with Gasteiger partial charge in [0.05, 0.1) is 13.5 Å². The molecular formula is C21H29NO2. The van der Waals surface area contributed by atoms with Crippen molar-refractivity contribution in [2.24, 2.45) is 23.2 Å². The van der Waals surface area contributed by atoms with Gasteiger partial charge in [0.2, 0.25) is 5.91 Å². The van der Waals surface area contributed by atoms with E-state index in [0.29, 0.717) is 17.9 Å². The average Bonchev–Trinajstić information content (AvgIpc) is 2.54. The molecule has 130 valence electrons. The highest BCUT2D eigenvalue weighted by atomic mass is 16.5. The Morgan fingerprint density at radius 1 is 1.12 bits per heavy atom. The van der Waals surface area contributed by atoms with Crippen LogP contribution in [0, 0.1) is 23.2 Å². The molecule has 1 N–H and O–H groups in total. The number of methoxy groups -OCH3 is 1. The molecule has 3 nitrogen and oxygen atoms in total. The molecule has 4 aliphatic carbocycles. The third-order valence-electron chi connectivity index (χ3n) is 6.91. The Morgan fingerprint density at radius 3 is 2.17 bits per heavy atom. The number of hydrogen-bond acceptors (Lipinski definition) is 2. The standard InChI is InChI=1S/C21H29NO2/c1-14(21-11-16-7-17(12-21)9-18(8-16)13-21)22-20(23)10-15-3-5-19(24-2)6-4-15/h3-6,14,16-18H,7-13H2,1-2H3,(H,22,23)/t14-,16?,17?,18?,21?/m0/s1. The van der Waals surface area contributed by atoms with Gasteiger partial charge in [0.15, 0.2) is 0 Å². The molecule has 5 rings (SSSR count). The van der Waals surface area contributed by atoms with Crippen molar-refractivity contribution in [2.75, 3.05) is 7.11 Å². The quantitative estimate of drug-likeness (QED) is 0.889. The Balaban J connectivity index is 1.38. The van der Waals surface area contributed by atoms with Gasteiger partial charge in [0.25, 0.3) is 0 Å². The van der Waals surface area contributed by atoms with Gasteiger partial charge >= 0.3 is 0 Å². The summed E-state index contributed by atoms with van der Waals surface area (Å²) in [5.41, 5.74) is 1.43. The summed E-state index contributed by atoms with van der Waals surface area (Å²) in [6.07, 6.45) is 8.82. The number of hydrogen-bond donors (Lipinski definition) is 1. The van der Waals surface area contributed by atoms with Crippen molar-refractivity contribution in [3.63, 3.8) is 0 Å². The summed E-state index contributed by atoms with van der Waals surface area (Å²) >= 11 is 0. The summed E-state index contributed by atoms with van der Waals surface area (Å²) in [6.45, 7) is 2.25. The first-order chi connectivity index (χ1) is 11.6. The van der Waals surface area contributed by atoms with E-state index in [2.05, 4.69) is 12.2 Å². The van der Waals surface area contributed by atoms with Gasteiger partial charge in [-0.1, -0.05) is 12.1 Å². The molecule has 4 aliphatic rings. The van der Waals surface area contributed by atoms with Crippen molar-refractivity contribution in [3.8, 4) is 5.75 Å². The molecular weight excluding hydrogens is 298 g/mol. The Labute approximate surface area is 145 Å². The largest absolute Gasteiger partial charge is 0.497 e. The van der Waals surface area contributed by atoms with Crippen LogP contribution in [0.2, 0.25) is 0 Å². The molecule has 0 aromatic heterocycles. The van der Waals surface area contributed by atoms with Crippen LogP contribution in [0.15, 0.2) is 24.3 Å². The van der Waals surface area contributed by atoms with Gasteiger partial charge in [-0.25, -0.2) is 0 Å². The third kappa shape index (κ3) is 2.94. The average molecular weight is 327 g/mol. The molecule has 1 aromatic rings. The van der Waals surface area contributed by atoms with E-state index in [9.17, 15) is 4.79 Å². The SMILES string of the molecule is COc1ccc(CC(=O)N[C@@H](C)C23CC4CC(CC(C4)C2)C3)cc1. The van der Waals surface area contributed by atoms with Crippen LogP contribution >= 0.6 is 0 Å². The van der Waals surface area contributed by atoms with E-state index < -0.39 is 0 Å². The fourth-order valence-electron chi connectivity index (χ4n) is 6.08. The van der Waals surface area contributed by atoms with Crippen LogP contribution in [0.5, 0.6) is 5.75 Å². The lowest BCUT2D eigenvalue weighted by atomic mass is 9.48. The van der Waals surface area contributed by atoms with E-state index in [4.69, 9.17) is 4.74 Å². The zero-order chi connectivity index (χ0) is 16.7. The minimum absolute atomic E-state index is 0.156. The monoisotopic (exact) mass is 327 g/mol. The maximum atomic E-state index is 12.5. The van der Waals surface area contributed by atoms with E-state index in [0.717, 1.165) is 29.1 Å². The highest BCUT2D eigenvalue weighted by molar-refractivity contribution is 5.79. The fourth-order valence-corrected chi connectivity index (χ4v) is 6.08. The van der Waals surface area contributed by atoms with Gasteiger partial charge in [-0.05, 0) is 86.3 Å². The summed E-state index contributed by atoms with van der Waals surface area (Å²) in [4.78, 5) is 12.5. The maximum Gasteiger partial charge on any atom is 0.224 e. The Morgan fingerprint density at radius 2 is 1.67 bits per heavy atom. The smallest absolute Gasteiger partial charge is 0.224 e. The number of nitrogens with one attached hydrogen (secondary N) is 1. The van der Waals surface area contributed by atoms with Gasteiger partial charge in [0, 0.05) is 6.04 Å². The summed E-state index contributed by atoms with van der Waals surface area (Å²) in [5, 5.41) is 3.34. The Bertz CT molecular complexity index is 571. The molecule has 0 heterocycles. The van der Waals surface area contributed by atoms with E-state index in [1.807, 2.05) is 24.3 Å². The van der Waals surface area contributed by atoms with E-state index in [1.165, 1.54) is 38.5 Å². The van der Waals surface area contributed by atoms with E-state index in [-0.39, 0.29) is 5.91 Å². The van der Waals surface area contributed by atoms with Crippen molar-refractivity contribution < 1.29 is 9.53 Å². The lowest BCUT2D eigenvalue weighted by molar-refractivity contribution is -0.125. The molecule has 0 unspecified atom stereocenters. The summed E-state index contributed by atoms with van der Waals surface area (Å²) in [7, 11) is 1.66. The topological polar surface area (TPSA) is 38.3 Å². The number of carbonyl (C=O) groups excluding carboxylic acids is 1. The number of rotatable bonds is 5. The van der Waals surface area contributed by atoms with Crippen molar-refractivity contribution >= 4 is 5.91 Å². The molecule has 4 fully saturated rings. The molecule has 0 spiro atoms. The molecule has 4 saturated carbocycles. The number of ether oxygens (including phenoxy) is 1. The fraction of sp³-hybridized carbons (Fsp3) is 0.667. The number of carbonyl (C=O) groups is 1. The van der Waals surface area contributed by atoms with Crippen LogP contribution < -0.4 is 10.1 Å². The first-order valence-electron chi connectivity index (χ1n) is 9.48. The minimum Gasteiger partial charge on any atom is -0.497 e. The highest BCUT2D eigenvalue weighted by Gasteiger charge is 2.53. The molecule has 0 aliphatic heterocycles. The van der Waals surface area contributed by atoms with Crippen LogP contribution in [0.1, 0.15) is 51.0 Å². The van der Waals surface area contributed by atoms with E-state index in [1.54, 1.807) is 7.11 Å². The molecule has 0 saturated heterocycles. The minimum atomic E-state index is 0.156. The van der Waals surface area contributed by atoms with Gasteiger partial charge in [-0.3, -0.25) is 4.79 Å². The first kappa shape index (κ1) is 16.0. The molecule has 3 heteroatoms. The maximum absolute atomic E-state index is 12.5. The Hall–Kier alpha value is -1.51. The number of benzene rings is 1. The predicted octanol–water partition coefficient (Wildman–Crippen LogP) is 3.96. The van der Waals surface area contributed by atoms with Crippen molar-refractivity contribution in [1.82, 2.24) is 5.32 Å². The zero-order valence-corrected chi connectivity index (χ0v) is 14.9. The molecule has 1 amide bonds. The third-order valence-corrected chi connectivity index (χ3v) is 6.91. The lowest BCUT2D eigenvalue weighted by Gasteiger charge is -2.59. The summed E-state index contributed by atoms with van der Waals surface area (Å²) in [6, 6.07) is 8.11. The zero-order valence-electron chi connectivity index (χ0n) is 14.9. The molecule has 1 aromatic carbocycles. The van der Waals surface area contributed by atoms with Gasteiger partial charge in [-0.15, -0.1) is 0 Å². The van der Waals surface area contributed by atoms with Crippen LogP contribution in [-0.4, -0.2) is 19.1 Å². The van der Waals surface area contributed by atoms with Gasteiger partial charge < -0.3 is 10.1 Å².